The van der Waals surface area contributed by atoms with E-state index in [2.05, 4.69) is 4.74 Å². The van der Waals surface area contributed by atoms with Crippen LogP contribution in [0.5, 0.6) is 0 Å². The first-order valence-electron chi connectivity index (χ1n) is 14.4. The number of fused-ring (bicyclic) bond motifs is 1. The number of ether oxygens (including phenoxy) is 10. The number of nitrogens with zero attached hydrogens (tertiary/aromatic N) is 1. The number of rotatable bonds is 29. The van der Waals surface area contributed by atoms with Crippen LogP contribution in [0.4, 0.5) is 0 Å². The molecule has 1 heterocycles. The van der Waals surface area contributed by atoms with Crippen molar-refractivity contribution >= 4 is 17.8 Å². The normalized spacial score (nSPS) is 12.7. The van der Waals surface area contributed by atoms with Crippen LogP contribution in [0, 0.1) is 0 Å². The van der Waals surface area contributed by atoms with Gasteiger partial charge < -0.3 is 47.4 Å². The van der Waals surface area contributed by atoms with Gasteiger partial charge in [0.2, 0.25) is 0 Å². The Morgan fingerprint density at radius 3 is 1.14 bits per heavy atom. The van der Waals surface area contributed by atoms with Crippen LogP contribution < -0.4 is 0 Å². The van der Waals surface area contributed by atoms with E-state index in [0.717, 1.165) is 0 Å². The average Bonchev–Trinajstić information content (AvgIpc) is 3.27. The predicted octanol–water partition coefficient (Wildman–Crippen LogP) is 0.605. The highest BCUT2D eigenvalue weighted by Crippen LogP contribution is 2.21. The average molecular weight is 616 g/mol. The van der Waals surface area contributed by atoms with E-state index in [4.69, 9.17) is 42.6 Å². The quantitative estimate of drug-likeness (QED) is 0.0705. The van der Waals surface area contributed by atoms with Crippen molar-refractivity contribution in [2.24, 2.45) is 0 Å². The number of benzene rings is 1. The van der Waals surface area contributed by atoms with E-state index >= 15 is 0 Å². The van der Waals surface area contributed by atoms with Crippen molar-refractivity contribution in [2.75, 3.05) is 133 Å². The number of hydrogen-bond acceptors (Lipinski definition) is 13. The van der Waals surface area contributed by atoms with Crippen LogP contribution >= 0.6 is 0 Å². The Bertz CT molecular complexity index is 866. The van der Waals surface area contributed by atoms with Crippen molar-refractivity contribution in [3.05, 3.63) is 35.4 Å². The third kappa shape index (κ3) is 16.8. The van der Waals surface area contributed by atoms with Crippen molar-refractivity contribution < 1.29 is 61.8 Å². The van der Waals surface area contributed by atoms with Crippen LogP contribution in [0.3, 0.4) is 0 Å². The maximum absolute atomic E-state index is 12.3. The van der Waals surface area contributed by atoms with Gasteiger partial charge in [-0.2, -0.15) is 0 Å². The summed E-state index contributed by atoms with van der Waals surface area (Å²) in [7, 11) is 1.31. The Labute approximate surface area is 252 Å². The molecular weight excluding hydrogens is 570 g/mol. The molecule has 0 saturated carbocycles. The molecular formula is C29H45NO13. The molecule has 0 atom stereocenters. The Kier molecular flexibility index (Phi) is 21.2. The van der Waals surface area contributed by atoms with Gasteiger partial charge in [-0.3, -0.25) is 14.5 Å². The van der Waals surface area contributed by atoms with Gasteiger partial charge in [0.05, 0.1) is 137 Å². The van der Waals surface area contributed by atoms with Gasteiger partial charge in [0.1, 0.15) is 6.61 Å². The fraction of sp³-hybridized carbons (Fsp3) is 0.690. The van der Waals surface area contributed by atoms with Crippen LogP contribution in [0.2, 0.25) is 0 Å². The molecule has 0 spiro atoms. The second kappa shape index (κ2) is 24.9. The van der Waals surface area contributed by atoms with Gasteiger partial charge in [-0.05, 0) is 12.1 Å². The first-order chi connectivity index (χ1) is 21.1. The lowest BCUT2D eigenvalue weighted by atomic mass is 10.1. The molecule has 244 valence electrons. The summed E-state index contributed by atoms with van der Waals surface area (Å²) in [5.41, 5.74) is 0.877. The lowest BCUT2D eigenvalue weighted by Gasteiger charge is -2.13. The molecule has 0 unspecified atom stereocenters. The van der Waals surface area contributed by atoms with Gasteiger partial charge in [-0.1, -0.05) is 12.1 Å². The lowest BCUT2D eigenvalue weighted by molar-refractivity contribution is -0.146. The number of methoxy groups -OCH3 is 1. The van der Waals surface area contributed by atoms with Crippen LogP contribution in [-0.2, 0) is 52.2 Å². The van der Waals surface area contributed by atoms with Crippen molar-refractivity contribution in [3.8, 4) is 0 Å². The Morgan fingerprint density at radius 2 is 0.814 bits per heavy atom. The molecule has 0 saturated heterocycles. The first-order valence-corrected chi connectivity index (χ1v) is 14.4. The third-order valence-corrected chi connectivity index (χ3v) is 5.76. The minimum atomic E-state index is -0.414. The zero-order valence-electron chi connectivity index (χ0n) is 25.0. The van der Waals surface area contributed by atoms with E-state index in [9.17, 15) is 14.4 Å². The smallest absolute Gasteiger partial charge is 0.331 e. The molecule has 1 aromatic carbocycles. The topological polar surface area (TPSA) is 147 Å². The molecule has 0 bridgehead atoms. The van der Waals surface area contributed by atoms with Crippen LogP contribution in [-0.4, -0.2) is 155 Å². The number of esters is 1. The van der Waals surface area contributed by atoms with Crippen molar-refractivity contribution in [1.29, 1.82) is 0 Å². The maximum atomic E-state index is 12.3. The minimum absolute atomic E-state index is 0.0775. The summed E-state index contributed by atoms with van der Waals surface area (Å²) < 4.78 is 52.9. The summed E-state index contributed by atoms with van der Waals surface area (Å²) in [6, 6.07) is 6.80. The molecule has 1 aromatic rings. The standard InChI is InChI=1S/C29H45NO13/c1-34-27(31)24-43-23-22-42-21-20-41-19-18-40-17-16-39-15-14-38-13-12-37-11-10-36-9-8-35-7-6-30-28(32)25-4-2-3-5-26(25)29(30)33/h2-5H,6-24H2,1H3. The molecule has 0 radical (unpaired) electrons. The van der Waals surface area contributed by atoms with Gasteiger partial charge in [-0.15, -0.1) is 0 Å². The fourth-order valence-electron chi connectivity index (χ4n) is 3.57. The largest absolute Gasteiger partial charge is 0.467 e. The van der Waals surface area contributed by atoms with E-state index < -0.39 is 5.97 Å². The summed E-state index contributed by atoms with van der Waals surface area (Å²) in [6.45, 7) is 7.32. The monoisotopic (exact) mass is 615 g/mol. The lowest BCUT2D eigenvalue weighted by Crippen LogP contribution is -2.33. The fourth-order valence-corrected chi connectivity index (χ4v) is 3.57. The third-order valence-electron chi connectivity index (χ3n) is 5.76. The highest BCUT2D eigenvalue weighted by atomic mass is 16.6. The van der Waals surface area contributed by atoms with Crippen molar-refractivity contribution in [3.63, 3.8) is 0 Å². The summed E-state index contributed by atoms with van der Waals surface area (Å²) >= 11 is 0. The molecule has 0 aromatic heterocycles. The molecule has 1 aliphatic heterocycles. The molecule has 0 aliphatic carbocycles. The zero-order valence-corrected chi connectivity index (χ0v) is 25.0. The SMILES string of the molecule is COC(=O)COCCOCCOCCOCCOCCOCCOCCOCCOCCN1C(=O)c2ccccc2C1=O. The maximum Gasteiger partial charge on any atom is 0.331 e. The van der Waals surface area contributed by atoms with Gasteiger partial charge in [-0.25, -0.2) is 4.79 Å². The highest BCUT2D eigenvalue weighted by molar-refractivity contribution is 6.21. The summed E-state index contributed by atoms with van der Waals surface area (Å²) in [5, 5.41) is 0. The second-order valence-electron chi connectivity index (χ2n) is 8.84. The molecule has 0 fully saturated rings. The molecule has 43 heavy (non-hydrogen) atoms. The van der Waals surface area contributed by atoms with Gasteiger partial charge >= 0.3 is 5.97 Å². The molecule has 0 N–H and O–H groups in total. The predicted molar refractivity (Wildman–Crippen MR) is 151 cm³/mol. The van der Waals surface area contributed by atoms with Gasteiger partial charge in [0, 0.05) is 0 Å². The summed E-state index contributed by atoms with van der Waals surface area (Å²) in [6.07, 6.45) is 0. The number of hydrogen-bond donors (Lipinski definition) is 0. The van der Waals surface area contributed by atoms with Crippen molar-refractivity contribution in [1.82, 2.24) is 4.90 Å². The number of carbonyl (C=O) groups excluding carboxylic acids is 3. The molecule has 2 amide bonds. The van der Waals surface area contributed by atoms with Crippen molar-refractivity contribution in [2.45, 2.75) is 0 Å². The van der Waals surface area contributed by atoms with E-state index in [1.165, 1.54) is 12.0 Å². The van der Waals surface area contributed by atoms with E-state index in [1.54, 1.807) is 24.3 Å². The first kappa shape index (κ1) is 36.7. The summed E-state index contributed by atoms with van der Waals surface area (Å²) in [5.74, 6) is -0.977. The number of carbonyl (C=O) groups is 3. The molecule has 14 heteroatoms. The van der Waals surface area contributed by atoms with E-state index in [-0.39, 0.29) is 31.6 Å². The molecule has 2 rings (SSSR count). The Morgan fingerprint density at radius 1 is 0.512 bits per heavy atom. The number of amides is 2. The van der Waals surface area contributed by atoms with E-state index in [1.807, 2.05) is 0 Å². The number of imide groups is 1. The molecule has 14 nitrogen and oxygen atoms in total. The Balaban J connectivity index is 1.21. The second-order valence-corrected chi connectivity index (χ2v) is 8.84. The van der Waals surface area contributed by atoms with Gasteiger partial charge in [0.15, 0.2) is 0 Å². The zero-order chi connectivity index (χ0) is 30.8. The van der Waals surface area contributed by atoms with Gasteiger partial charge in [0.25, 0.3) is 11.8 Å². The van der Waals surface area contributed by atoms with E-state index in [0.29, 0.717) is 117 Å². The molecule has 1 aliphatic rings. The minimum Gasteiger partial charge on any atom is -0.467 e. The van der Waals surface area contributed by atoms with Crippen LogP contribution in [0.1, 0.15) is 20.7 Å². The summed E-state index contributed by atoms with van der Waals surface area (Å²) in [4.78, 5) is 36.6. The van der Waals surface area contributed by atoms with Crippen LogP contribution in [0.25, 0.3) is 0 Å². The Hall–Kier alpha value is -2.53. The highest BCUT2D eigenvalue weighted by Gasteiger charge is 2.34. The van der Waals surface area contributed by atoms with Crippen LogP contribution in [0.15, 0.2) is 24.3 Å².